The minimum absolute atomic E-state index is 0.549. The SMILES string of the molecule is N#Cc1cccc2oc(CBr)nc12. The fourth-order valence-electron chi connectivity index (χ4n) is 1.14. The van der Waals surface area contributed by atoms with Crippen molar-refractivity contribution < 1.29 is 4.42 Å². The summed E-state index contributed by atoms with van der Waals surface area (Å²) < 4.78 is 5.35. The van der Waals surface area contributed by atoms with Crippen LogP contribution >= 0.6 is 15.9 Å². The van der Waals surface area contributed by atoms with Crippen LogP contribution in [0.5, 0.6) is 0 Å². The third-order valence-corrected chi connectivity index (χ3v) is 2.18. The Morgan fingerprint density at radius 2 is 2.38 bits per heavy atom. The van der Waals surface area contributed by atoms with Gasteiger partial charge >= 0.3 is 0 Å². The number of benzene rings is 1. The summed E-state index contributed by atoms with van der Waals surface area (Å²) >= 11 is 3.24. The summed E-state index contributed by atoms with van der Waals surface area (Å²) in [6, 6.07) is 7.38. The standard InChI is InChI=1S/C9H5BrN2O/c10-4-8-12-9-6(5-11)2-1-3-7(9)13-8/h1-3H,4H2. The third-order valence-electron chi connectivity index (χ3n) is 1.70. The zero-order chi connectivity index (χ0) is 9.26. The van der Waals surface area contributed by atoms with E-state index in [1.165, 1.54) is 0 Å². The van der Waals surface area contributed by atoms with Crippen molar-refractivity contribution in [2.75, 3.05) is 0 Å². The maximum atomic E-state index is 8.77. The van der Waals surface area contributed by atoms with Crippen LogP contribution in [0.1, 0.15) is 11.5 Å². The van der Waals surface area contributed by atoms with Gasteiger partial charge in [0.1, 0.15) is 11.6 Å². The van der Waals surface area contributed by atoms with E-state index in [-0.39, 0.29) is 0 Å². The summed E-state index contributed by atoms with van der Waals surface area (Å²) in [6.07, 6.45) is 0. The normalized spacial score (nSPS) is 10.2. The molecule has 0 N–H and O–H groups in total. The van der Waals surface area contributed by atoms with Crippen molar-refractivity contribution in [1.82, 2.24) is 4.98 Å². The Kier molecular flexibility index (Phi) is 2.03. The predicted molar refractivity (Wildman–Crippen MR) is 51.4 cm³/mol. The minimum Gasteiger partial charge on any atom is -0.440 e. The number of alkyl halides is 1. The van der Waals surface area contributed by atoms with Crippen LogP contribution in [0.2, 0.25) is 0 Å². The van der Waals surface area contributed by atoms with Gasteiger partial charge in [0.15, 0.2) is 5.58 Å². The molecule has 0 aliphatic heterocycles. The topological polar surface area (TPSA) is 49.8 Å². The number of nitrogens with zero attached hydrogens (tertiary/aromatic N) is 2. The molecule has 0 amide bonds. The maximum absolute atomic E-state index is 8.77. The van der Waals surface area contributed by atoms with E-state index in [0.29, 0.717) is 27.9 Å². The molecule has 0 aliphatic carbocycles. The Labute approximate surface area is 83.1 Å². The lowest BCUT2D eigenvalue weighted by Gasteiger charge is -1.86. The highest BCUT2D eigenvalue weighted by atomic mass is 79.9. The summed E-state index contributed by atoms with van der Waals surface area (Å²) in [5.41, 5.74) is 1.85. The Bertz CT molecular complexity index is 484. The van der Waals surface area contributed by atoms with Gasteiger partial charge in [0, 0.05) is 0 Å². The largest absolute Gasteiger partial charge is 0.440 e. The lowest BCUT2D eigenvalue weighted by Crippen LogP contribution is -1.77. The average Bonchev–Trinajstić information content (AvgIpc) is 2.59. The molecule has 1 aromatic carbocycles. The number of aromatic nitrogens is 1. The number of oxazole rings is 1. The van der Waals surface area contributed by atoms with Crippen LogP contribution < -0.4 is 0 Å². The van der Waals surface area contributed by atoms with Gasteiger partial charge in [0.2, 0.25) is 5.89 Å². The number of fused-ring (bicyclic) bond motifs is 1. The lowest BCUT2D eigenvalue weighted by atomic mass is 10.2. The monoisotopic (exact) mass is 236 g/mol. The van der Waals surface area contributed by atoms with E-state index in [1.807, 2.05) is 0 Å². The van der Waals surface area contributed by atoms with Gasteiger partial charge in [-0.3, -0.25) is 0 Å². The van der Waals surface area contributed by atoms with Gasteiger partial charge in [0.25, 0.3) is 0 Å². The van der Waals surface area contributed by atoms with Crippen LogP contribution in [-0.2, 0) is 5.33 Å². The minimum atomic E-state index is 0.549. The number of hydrogen-bond donors (Lipinski definition) is 0. The highest BCUT2D eigenvalue weighted by Gasteiger charge is 2.07. The van der Waals surface area contributed by atoms with E-state index in [2.05, 4.69) is 27.0 Å². The summed E-state index contributed by atoms with van der Waals surface area (Å²) in [4.78, 5) is 4.17. The van der Waals surface area contributed by atoms with E-state index in [9.17, 15) is 0 Å². The van der Waals surface area contributed by atoms with Gasteiger partial charge in [-0.1, -0.05) is 22.0 Å². The third kappa shape index (κ3) is 1.31. The second-order valence-electron chi connectivity index (χ2n) is 2.51. The van der Waals surface area contributed by atoms with Crippen LogP contribution in [0, 0.1) is 11.3 Å². The first-order valence-electron chi connectivity index (χ1n) is 3.69. The predicted octanol–water partition coefficient (Wildman–Crippen LogP) is 2.59. The molecule has 3 nitrogen and oxygen atoms in total. The van der Waals surface area contributed by atoms with Crippen molar-refractivity contribution in [1.29, 1.82) is 5.26 Å². The van der Waals surface area contributed by atoms with Crippen LogP contribution in [0.15, 0.2) is 22.6 Å². The van der Waals surface area contributed by atoms with Crippen LogP contribution in [-0.4, -0.2) is 4.98 Å². The van der Waals surface area contributed by atoms with Gasteiger partial charge in [-0.25, -0.2) is 4.98 Å². The highest BCUT2D eigenvalue weighted by Crippen LogP contribution is 2.19. The first kappa shape index (κ1) is 8.27. The Morgan fingerprint density at radius 1 is 1.54 bits per heavy atom. The molecule has 4 heteroatoms. The van der Waals surface area contributed by atoms with Crippen molar-refractivity contribution in [3.63, 3.8) is 0 Å². The van der Waals surface area contributed by atoms with Gasteiger partial charge in [-0.05, 0) is 12.1 Å². The molecule has 0 spiro atoms. The Morgan fingerprint density at radius 3 is 3.08 bits per heavy atom. The molecule has 0 saturated heterocycles. The maximum Gasteiger partial charge on any atom is 0.206 e. The van der Waals surface area contributed by atoms with Gasteiger partial charge in [0.05, 0.1) is 10.9 Å². The van der Waals surface area contributed by atoms with Crippen LogP contribution in [0.25, 0.3) is 11.1 Å². The van der Waals surface area contributed by atoms with Crippen molar-refractivity contribution in [3.8, 4) is 6.07 Å². The Hall–Kier alpha value is -1.34. The van der Waals surface area contributed by atoms with E-state index in [0.717, 1.165) is 0 Å². The van der Waals surface area contributed by atoms with E-state index < -0.39 is 0 Å². The number of para-hydroxylation sites is 1. The molecular formula is C9H5BrN2O. The molecule has 13 heavy (non-hydrogen) atoms. The molecule has 0 unspecified atom stereocenters. The zero-order valence-electron chi connectivity index (χ0n) is 6.62. The fraction of sp³-hybridized carbons (Fsp3) is 0.111. The smallest absolute Gasteiger partial charge is 0.206 e. The molecule has 0 fully saturated rings. The highest BCUT2D eigenvalue weighted by molar-refractivity contribution is 9.08. The molecule has 64 valence electrons. The van der Waals surface area contributed by atoms with Crippen LogP contribution in [0.3, 0.4) is 0 Å². The van der Waals surface area contributed by atoms with E-state index in [4.69, 9.17) is 9.68 Å². The zero-order valence-corrected chi connectivity index (χ0v) is 8.21. The summed E-state index contributed by atoms with van der Waals surface area (Å²) in [6.45, 7) is 0. The Balaban J connectivity index is 2.76. The fourth-order valence-corrected chi connectivity index (χ4v) is 1.38. The first-order chi connectivity index (χ1) is 6.35. The number of nitriles is 1. The second kappa shape index (κ2) is 3.19. The molecule has 0 atom stereocenters. The van der Waals surface area contributed by atoms with Crippen molar-refractivity contribution in [2.24, 2.45) is 0 Å². The van der Waals surface area contributed by atoms with Gasteiger partial charge in [-0.2, -0.15) is 5.26 Å². The first-order valence-corrected chi connectivity index (χ1v) is 4.82. The number of rotatable bonds is 1. The van der Waals surface area contributed by atoms with Gasteiger partial charge < -0.3 is 4.42 Å². The van der Waals surface area contributed by atoms with Gasteiger partial charge in [-0.15, -0.1) is 0 Å². The average molecular weight is 237 g/mol. The van der Waals surface area contributed by atoms with Crippen molar-refractivity contribution >= 4 is 27.0 Å². The lowest BCUT2D eigenvalue weighted by molar-refractivity contribution is 0.557. The second-order valence-corrected chi connectivity index (χ2v) is 3.07. The number of hydrogen-bond acceptors (Lipinski definition) is 3. The quantitative estimate of drug-likeness (QED) is 0.716. The van der Waals surface area contributed by atoms with Crippen LogP contribution in [0.4, 0.5) is 0 Å². The summed E-state index contributed by atoms with van der Waals surface area (Å²) in [5.74, 6) is 0.595. The van der Waals surface area contributed by atoms with Crippen molar-refractivity contribution in [2.45, 2.75) is 5.33 Å². The van der Waals surface area contributed by atoms with E-state index >= 15 is 0 Å². The molecule has 0 saturated carbocycles. The summed E-state index contributed by atoms with van der Waals surface area (Å²) in [5, 5.41) is 9.34. The van der Waals surface area contributed by atoms with E-state index in [1.54, 1.807) is 18.2 Å². The molecular weight excluding hydrogens is 232 g/mol. The molecule has 0 radical (unpaired) electrons. The molecule has 0 bridgehead atoms. The number of halogens is 1. The molecule has 0 aliphatic rings. The molecule has 1 aromatic heterocycles. The molecule has 2 aromatic rings. The van der Waals surface area contributed by atoms with Crippen molar-refractivity contribution in [3.05, 3.63) is 29.7 Å². The molecule has 2 rings (SSSR count). The summed E-state index contributed by atoms with van der Waals surface area (Å²) in [7, 11) is 0. The molecule has 1 heterocycles.